The second-order valence-corrected chi connectivity index (χ2v) is 6.33. The minimum Gasteiger partial charge on any atom is -0.313 e. The van der Waals surface area contributed by atoms with Crippen molar-refractivity contribution < 1.29 is 0 Å². The Labute approximate surface area is 107 Å². The maximum atomic E-state index is 3.69. The van der Waals surface area contributed by atoms with Crippen LogP contribution in [0.2, 0.25) is 0 Å². The van der Waals surface area contributed by atoms with Crippen LogP contribution >= 0.6 is 0 Å². The Bertz CT molecular complexity index is 230. The van der Waals surface area contributed by atoms with Crippen molar-refractivity contribution >= 4 is 0 Å². The lowest BCUT2D eigenvalue weighted by Crippen LogP contribution is -2.48. The molecular weight excluding hydrogens is 210 g/mol. The van der Waals surface area contributed by atoms with Crippen molar-refractivity contribution in [2.45, 2.75) is 44.7 Å². The maximum absolute atomic E-state index is 3.69. The van der Waals surface area contributed by atoms with Crippen LogP contribution in [0.4, 0.5) is 0 Å². The molecule has 3 unspecified atom stereocenters. The first-order valence-corrected chi connectivity index (χ1v) is 7.27. The summed E-state index contributed by atoms with van der Waals surface area (Å²) in [7, 11) is 4.38. The number of rotatable bonds is 4. The molecule has 2 fully saturated rings. The van der Waals surface area contributed by atoms with E-state index in [2.05, 4.69) is 36.1 Å². The zero-order chi connectivity index (χ0) is 12.3. The van der Waals surface area contributed by atoms with E-state index in [1.807, 2.05) is 0 Å². The Hall–Kier alpha value is -0.120. The highest BCUT2D eigenvalue weighted by Gasteiger charge is 2.28. The zero-order valence-electron chi connectivity index (χ0n) is 11.8. The lowest BCUT2D eigenvalue weighted by molar-refractivity contribution is 0.170. The molecule has 0 aromatic heterocycles. The van der Waals surface area contributed by atoms with Crippen LogP contribution in [0.5, 0.6) is 0 Å². The zero-order valence-corrected chi connectivity index (χ0v) is 11.8. The molecule has 0 amide bonds. The molecule has 3 atom stereocenters. The van der Waals surface area contributed by atoms with Gasteiger partial charge in [-0.2, -0.15) is 0 Å². The van der Waals surface area contributed by atoms with E-state index in [0.29, 0.717) is 0 Å². The molecule has 0 aromatic rings. The second kappa shape index (κ2) is 6.17. The van der Waals surface area contributed by atoms with Crippen molar-refractivity contribution in [1.29, 1.82) is 0 Å². The van der Waals surface area contributed by atoms with Gasteiger partial charge in [0.15, 0.2) is 0 Å². The average Bonchev–Trinajstić information content (AvgIpc) is 2.65. The molecule has 2 saturated heterocycles. The van der Waals surface area contributed by atoms with Gasteiger partial charge in [0.1, 0.15) is 0 Å². The summed E-state index contributed by atoms with van der Waals surface area (Å²) in [6.45, 7) is 7.42. The highest BCUT2D eigenvalue weighted by atomic mass is 15.2. The summed E-state index contributed by atoms with van der Waals surface area (Å²) < 4.78 is 0. The number of hydrogen-bond donors (Lipinski definition) is 1. The van der Waals surface area contributed by atoms with Gasteiger partial charge in [-0.15, -0.1) is 0 Å². The summed E-state index contributed by atoms with van der Waals surface area (Å²) in [6, 6.07) is 1.53. The minimum absolute atomic E-state index is 0.738. The molecule has 0 radical (unpaired) electrons. The Kier molecular flexibility index (Phi) is 4.83. The normalized spacial score (nSPS) is 35.6. The van der Waals surface area contributed by atoms with Gasteiger partial charge in [-0.3, -0.25) is 4.90 Å². The van der Waals surface area contributed by atoms with E-state index in [1.54, 1.807) is 0 Å². The SMILES string of the molecule is CC1CCNC(CN2CCCC2CN(C)C)C1. The number of likely N-dealkylation sites (N-methyl/N-ethyl adjacent to an activating group) is 1. The van der Waals surface area contributed by atoms with Gasteiger partial charge in [-0.05, 0) is 58.8 Å². The quantitative estimate of drug-likeness (QED) is 0.800. The molecule has 0 bridgehead atoms. The molecule has 100 valence electrons. The van der Waals surface area contributed by atoms with Gasteiger partial charge in [-0.1, -0.05) is 6.92 Å². The van der Waals surface area contributed by atoms with Gasteiger partial charge in [0.2, 0.25) is 0 Å². The van der Waals surface area contributed by atoms with Crippen molar-refractivity contribution in [2.24, 2.45) is 5.92 Å². The van der Waals surface area contributed by atoms with Crippen molar-refractivity contribution in [3.8, 4) is 0 Å². The highest BCUT2D eigenvalue weighted by Crippen LogP contribution is 2.21. The number of piperidine rings is 1. The van der Waals surface area contributed by atoms with Crippen molar-refractivity contribution in [3.63, 3.8) is 0 Å². The second-order valence-electron chi connectivity index (χ2n) is 6.33. The van der Waals surface area contributed by atoms with Crippen LogP contribution in [0.15, 0.2) is 0 Å². The number of nitrogens with zero attached hydrogens (tertiary/aromatic N) is 2. The molecule has 3 nitrogen and oxygen atoms in total. The van der Waals surface area contributed by atoms with Gasteiger partial charge in [0.05, 0.1) is 0 Å². The maximum Gasteiger partial charge on any atom is 0.0224 e. The largest absolute Gasteiger partial charge is 0.313 e. The first kappa shape index (κ1) is 13.3. The van der Waals surface area contributed by atoms with Gasteiger partial charge >= 0.3 is 0 Å². The smallest absolute Gasteiger partial charge is 0.0224 e. The van der Waals surface area contributed by atoms with E-state index in [1.165, 1.54) is 51.9 Å². The molecule has 1 N–H and O–H groups in total. The van der Waals surface area contributed by atoms with Crippen LogP contribution in [0.3, 0.4) is 0 Å². The van der Waals surface area contributed by atoms with E-state index in [9.17, 15) is 0 Å². The molecule has 2 aliphatic heterocycles. The third-order valence-corrected chi connectivity index (χ3v) is 4.29. The average molecular weight is 239 g/mol. The Morgan fingerprint density at radius 1 is 1.29 bits per heavy atom. The summed E-state index contributed by atoms with van der Waals surface area (Å²) in [5.74, 6) is 0.913. The summed E-state index contributed by atoms with van der Waals surface area (Å²) in [4.78, 5) is 5.05. The summed E-state index contributed by atoms with van der Waals surface area (Å²) >= 11 is 0. The molecule has 0 spiro atoms. The van der Waals surface area contributed by atoms with Crippen LogP contribution in [0.25, 0.3) is 0 Å². The molecule has 0 saturated carbocycles. The lowest BCUT2D eigenvalue weighted by atomic mass is 9.94. The van der Waals surface area contributed by atoms with E-state index in [0.717, 1.165) is 18.0 Å². The summed E-state index contributed by atoms with van der Waals surface area (Å²) in [5, 5.41) is 3.69. The molecular formula is C14H29N3. The summed E-state index contributed by atoms with van der Waals surface area (Å²) in [6.07, 6.45) is 5.50. The minimum atomic E-state index is 0.738. The molecule has 3 heteroatoms. The third kappa shape index (κ3) is 3.94. The van der Waals surface area contributed by atoms with Crippen molar-refractivity contribution in [3.05, 3.63) is 0 Å². The van der Waals surface area contributed by atoms with E-state index in [-0.39, 0.29) is 0 Å². The Morgan fingerprint density at radius 2 is 2.12 bits per heavy atom. The van der Waals surface area contributed by atoms with Gasteiger partial charge in [-0.25, -0.2) is 0 Å². The predicted molar refractivity (Wildman–Crippen MR) is 73.3 cm³/mol. The van der Waals surface area contributed by atoms with E-state index in [4.69, 9.17) is 0 Å². The molecule has 2 rings (SSSR count). The molecule has 2 aliphatic rings. The van der Waals surface area contributed by atoms with Crippen molar-refractivity contribution in [2.75, 3.05) is 40.3 Å². The first-order valence-electron chi connectivity index (χ1n) is 7.27. The van der Waals surface area contributed by atoms with Gasteiger partial charge < -0.3 is 10.2 Å². The fraction of sp³-hybridized carbons (Fsp3) is 1.00. The topological polar surface area (TPSA) is 18.5 Å². The fourth-order valence-corrected chi connectivity index (χ4v) is 3.41. The lowest BCUT2D eigenvalue weighted by Gasteiger charge is -2.34. The molecule has 0 aliphatic carbocycles. The van der Waals surface area contributed by atoms with Crippen LogP contribution in [-0.2, 0) is 0 Å². The van der Waals surface area contributed by atoms with Gasteiger partial charge in [0.25, 0.3) is 0 Å². The molecule has 2 heterocycles. The van der Waals surface area contributed by atoms with E-state index >= 15 is 0 Å². The number of likely N-dealkylation sites (tertiary alicyclic amines) is 1. The fourth-order valence-electron chi connectivity index (χ4n) is 3.41. The first-order chi connectivity index (χ1) is 8.15. The third-order valence-electron chi connectivity index (χ3n) is 4.29. The van der Waals surface area contributed by atoms with Crippen LogP contribution in [0, 0.1) is 5.92 Å². The monoisotopic (exact) mass is 239 g/mol. The molecule has 17 heavy (non-hydrogen) atoms. The Morgan fingerprint density at radius 3 is 2.82 bits per heavy atom. The van der Waals surface area contributed by atoms with Crippen LogP contribution < -0.4 is 5.32 Å². The van der Waals surface area contributed by atoms with Gasteiger partial charge in [0, 0.05) is 25.2 Å². The number of hydrogen-bond acceptors (Lipinski definition) is 3. The highest BCUT2D eigenvalue weighted by molar-refractivity contribution is 4.86. The number of nitrogens with one attached hydrogen (secondary N) is 1. The van der Waals surface area contributed by atoms with E-state index < -0.39 is 0 Å². The predicted octanol–water partition coefficient (Wildman–Crippen LogP) is 1.40. The van der Waals surface area contributed by atoms with Crippen LogP contribution in [-0.4, -0.2) is 62.2 Å². The van der Waals surface area contributed by atoms with Crippen LogP contribution in [0.1, 0.15) is 32.6 Å². The van der Waals surface area contributed by atoms with Crippen molar-refractivity contribution in [1.82, 2.24) is 15.1 Å². The standard InChI is InChI=1S/C14H29N3/c1-12-6-7-15-13(9-12)10-17-8-4-5-14(17)11-16(2)3/h12-15H,4-11H2,1-3H3. The summed E-state index contributed by atoms with van der Waals surface area (Å²) in [5.41, 5.74) is 0. The molecule has 0 aromatic carbocycles. The Balaban J connectivity index is 1.80.